The third kappa shape index (κ3) is 34.8. The van der Waals surface area contributed by atoms with E-state index < -0.39 is 63.1 Å². The lowest BCUT2D eigenvalue weighted by atomic mass is 9.85. The van der Waals surface area contributed by atoms with Crippen LogP contribution in [0.5, 0.6) is 0 Å². The molecule has 1 saturated carbocycles. The van der Waals surface area contributed by atoms with Gasteiger partial charge >= 0.3 is 13.8 Å². The number of rotatable bonds is 46. The van der Waals surface area contributed by atoms with Crippen molar-refractivity contribution in [1.29, 1.82) is 0 Å². The monoisotopic (exact) mass is 959 g/mol. The van der Waals surface area contributed by atoms with Crippen molar-refractivity contribution in [2.24, 2.45) is 0 Å². The van der Waals surface area contributed by atoms with Gasteiger partial charge in [0.2, 0.25) is 0 Å². The first-order valence-corrected chi connectivity index (χ1v) is 28.3. The number of esters is 1. The average molecular weight is 959 g/mol. The van der Waals surface area contributed by atoms with Gasteiger partial charge in [-0.15, -0.1) is 0 Å². The summed E-state index contributed by atoms with van der Waals surface area (Å²) < 4.78 is 34.3. The summed E-state index contributed by atoms with van der Waals surface area (Å²) in [6.45, 7) is 4.17. The Kier molecular flexibility index (Phi) is 41.3. The minimum atomic E-state index is -5.02. The van der Waals surface area contributed by atoms with Crippen molar-refractivity contribution in [1.82, 2.24) is 0 Å². The van der Waals surface area contributed by atoms with Crippen LogP contribution < -0.4 is 0 Å². The Hall–Kier alpha value is -1.44. The van der Waals surface area contributed by atoms with Gasteiger partial charge in [-0.1, -0.05) is 217 Å². The number of carbonyl (C=O) groups is 1. The number of aliphatic hydroxyl groups is 5. The van der Waals surface area contributed by atoms with E-state index in [9.17, 15) is 39.8 Å². The molecule has 6 N–H and O–H groups in total. The van der Waals surface area contributed by atoms with Crippen molar-refractivity contribution in [3.8, 4) is 0 Å². The third-order valence-electron chi connectivity index (χ3n) is 12.5. The van der Waals surface area contributed by atoms with Crippen LogP contribution in [-0.4, -0.2) is 98.9 Å². The number of hydrogen-bond donors (Lipinski definition) is 6. The highest BCUT2D eigenvalue weighted by molar-refractivity contribution is 7.47. The van der Waals surface area contributed by atoms with Gasteiger partial charge in [-0.05, 0) is 44.9 Å². The fourth-order valence-corrected chi connectivity index (χ4v) is 9.29. The molecule has 6 atom stereocenters. The largest absolute Gasteiger partial charge is 0.472 e. The zero-order chi connectivity index (χ0) is 48.4. The van der Waals surface area contributed by atoms with Gasteiger partial charge in [-0.3, -0.25) is 13.8 Å². The van der Waals surface area contributed by atoms with Gasteiger partial charge in [-0.25, -0.2) is 4.57 Å². The van der Waals surface area contributed by atoms with Gasteiger partial charge < -0.3 is 39.9 Å². The Morgan fingerprint density at radius 1 is 0.500 bits per heavy atom. The van der Waals surface area contributed by atoms with Gasteiger partial charge in [0.25, 0.3) is 0 Å². The molecule has 0 aromatic heterocycles. The molecule has 0 heterocycles. The molecule has 1 aliphatic rings. The molecule has 12 nitrogen and oxygen atoms in total. The maximum Gasteiger partial charge on any atom is 0.472 e. The lowest BCUT2D eigenvalue weighted by Gasteiger charge is -2.41. The number of unbranched alkanes of at least 4 members (excludes halogenated alkanes) is 28. The van der Waals surface area contributed by atoms with E-state index >= 15 is 0 Å². The Labute approximate surface area is 402 Å². The lowest BCUT2D eigenvalue weighted by molar-refractivity contribution is -0.220. The van der Waals surface area contributed by atoms with Gasteiger partial charge in [0.1, 0.15) is 42.7 Å². The Morgan fingerprint density at radius 2 is 0.894 bits per heavy atom. The molecule has 0 saturated heterocycles. The van der Waals surface area contributed by atoms with Crippen LogP contribution in [0.3, 0.4) is 0 Å². The Balaban J connectivity index is 2.31. The summed E-state index contributed by atoms with van der Waals surface area (Å²) in [6, 6.07) is 0. The normalized spacial score (nSPS) is 21.6. The molecule has 6 unspecified atom stereocenters. The van der Waals surface area contributed by atoms with Crippen molar-refractivity contribution < 1.29 is 58.3 Å². The van der Waals surface area contributed by atoms with Gasteiger partial charge in [0.15, 0.2) is 0 Å². The molecule has 0 aliphatic heterocycles. The predicted octanol–water partition coefficient (Wildman–Crippen LogP) is 12.2. The molecule has 0 aromatic rings. The van der Waals surface area contributed by atoms with Crippen molar-refractivity contribution in [2.75, 3.05) is 19.8 Å². The third-order valence-corrected chi connectivity index (χ3v) is 13.5. The smallest absolute Gasteiger partial charge is 0.457 e. The van der Waals surface area contributed by atoms with E-state index in [2.05, 4.69) is 50.3 Å². The van der Waals surface area contributed by atoms with Crippen molar-refractivity contribution in [3.63, 3.8) is 0 Å². The van der Waals surface area contributed by atoms with E-state index in [0.29, 0.717) is 13.0 Å². The van der Waals surface area contributed by atoms with Crippen LogP contribution in [0, 0.1) is 0 Å². The number of phosphoric ester groups is 1. The summed E-state index contributed by atoms with van der Waals surface area (Å²) in [7, 11) is -5.02. The van der Waals surface area contributed by atoms with E-state index in [1.54, 1.807) is 0 Å². The molecule has 13 heteroatoms. The summed E-state index contributed by atoms with van der Waals surface area (Å²) in [4.78, 5) is 23.3. The molecular weight excluding hydrogens is 860 g/mol. The summed E-state index contributed by atoms with van der Waals surface area (Å²) in [5.41, 5.74) is 0. The molecule has 1 aliphatic carbocycles. The molecular formula is C53H99O12P. The van der Waals surface area contributed by atoms with E-state index in [4.69, 9.17) is 18.5 Å². The van der Waals surface area contributed by atoms with Crippen LogP contribution in [0.15, 0.2) is 36.5 Å². The maximum absolute atomic E-state index is 12.9. The first kappa shape index (κ1) is 62.6. The highest BCUT2D eigenvalue weighted by Crippen LogP contribution is 2.47. The molecule has 0 aromatic carbocycles. The van der Waals surface area contributed by atoms with E-state index in [1.165, 1.54) is 135 Å². The fourth-order valence-electron chi connectivity index (χ4n) is 8.31. The Bertz CT molecular complexity index is 1230. The number of hydrogen-bond acceptors (Lipinski definition) is 11. The predicted molar refractivity (Wildman–Crippen MR) is 267 cm³/mol. The molecule has 0 spiro atoms. The number of allylic oxidation sites excluding steroid dienone is 6. The molecule has 388 valence electrons. The van der Waals surface area contributed by atoms with Crippen molar-refractivity contribution in [2.45, 2.75) is 275 Å². The molecule has 0 amide bonds. The second kappa shape index (κ2) is 43.6. The second-order valence-corrected chi connectivity index (χ2v) is 20.1. The number of carbonyl (C=O) groups excluding carboxylic acids is 1. The highest BCUT2D eigenvalue weighted by Gasteiger charge is 2.51. The van der Waals surface area contributed by atoms with Crippen LogP contribution in [0.4, 0.5) is 0 Å². The van der Waals surface area contributed by atoms with Crippen molar-refractivity contribution in [3.05, 3.63) is 36.5 Å². The van der Waals surface area contributed by atoms with Crippen LogP contribution in [0.2, 0.25) is 0 Å². The first-order valence-electron chi connectivity index (χ1n) is 26.8. The SMILES string of the molecule is CC/C=C\C/C=C\C/C=C\CCCCCCCCCCOCC(COP(=O)(O)OC1C(O)C(O)C(O)C(O)C1O)OC(=O)CCCCCCCCCCCCCCCCCCCCCCC. The fraction of sp³-hybridized carbons (Fsp3) is 0.868. The summed E-state index contributed by atoms with van der Waals surface area (Å²) in [6.07, 6.45) is 40.7. The minimum absolute atomic E-state index is 0.0790. The molecule has 1 rings (SSSR count). The quantitative estimate of drug-likeness (QED) is 0.0147. The van der Waals surface area contributed by atoms with Crippen LogP contribution >= 0.6 is 7.82 Å². The molecule has 66 heavy (non-hydrogen) atoms. The number of ether oxygens (including phenoxy) is 2. The average Bonchev–Trinajstić information content (AvgIpc) is 3.30. The van der Waals surface area contributed by atoms with E-state index in [1.807, 2.05) is 0 Å². The summed E-state index contributed by atoms with van der Waals surface area (Å²) in [5.74, 6) is -0.476. The molecule has 1 fully saturated rings. The first-order chi connectivity index (χ1) is 32.0. The van der Waals surface area contributed by atoms with Crippen molar-refractivity contribution >= 4 is 13.8 Å². The maximum atomic E-state index is 12.9. The summed E-state index contributed by atoms with van der Waals surface area (Å²) >= 11 is 0. The Morgan fingerprint density at radius 3 is 1.36 bits per heavy atom. The van der Waals surface area contributed by atoms with Gasteiger partial charge in [0.05, 0.1) is 13.2 Å². The second-order valence-electron chi connectivity index (χ2n) is 18.7. The van der Waals surface area contributed by atoms with Crippen LogP contribution in [0.25, 0.3) is 0 Å². The minimum Gasteiger partial charge on any atom is -0.457 e. The highest BCUT2D eigenvalue weighted by atomic mass is 31.2. The van der Waals surface area contributed by atoms with Gasteiger partial charge in [-0.2, -0.15) is 0 Å². The molecule has 0 radical (unpaired) electrons. The number of aliphatic hydroxyl groups excluding tert-OH is 5. The van der Waals surface area contributed by atoms with Crippen LogP contribution in [-0.2, 0) is 27.9 Å². The van der Waals surface area contributed by atoms with Gasteiger partial charge in [0, 0.05) is 13.0 Å². The van der Waals surface area contributed by atoms with E-state index in [0.717, 1.165) is 70.6 Å². The summed E-state index contributed by atoms with van der Waals surface area (Å²) in [5, 5.41) is 50.3. The standard InChI is InChI=1S/C53H99O12P/c1-3-5-7-9-11-13-15-17-19-21-23-24-25-26-28-30-32-34-36-38-40-42-47(54)64-46(45-63-66(60,61)65-53-51(58)49(56)48(55)50(57)52(53)59)44-62-43-41-39-37-35-33-31-29-27-22-20-18-16-14-12-10-8-6-4-2/h6,8,12,14,18,20,46,48-53,55-59H,3-5,7,9-11,13,15-17,19,21-45H2,1-2H3,(H,60,61)/b8-6-,14-12-,20-18-. The van der Waals surface area contributed by atoms with Crippen LogP contribution in [0.1, 0.15) is 232 Å². The topological polar surface area (TPSA) is 192 Å². The number of phosphoric acid groups is 1. The lowest BCUT2D eigenvalue weighted by Crippen LogP contribution is -2.64. The zero-order valence-electron chi connectivity index (χ0n) is 41.7. The van der Waals surface area contributed by atoms with E-state index in [-0.39, 0.29) is 13.0 Å². The zero-order valence-corrected chi connectivity index (χ0v) is 42.6. The molecule has 0 bridgehead atoms.